The van der Waals surface area contributed by atoms with Crippen molar-refractivity contribution in [2.45, 2.75) is 24.3 Å². The Morgan fingerprint density at radius 2 is 1.69 bits per heavy atom. The summed E-state index contributed by atoms with van der Waals surface area (Å²) in [6.07, 6.45) is -0.655. The number of carbonyl (C=O) groups excluding carboxylic acids is 1. The number of urea groups is 1. The second-order valence-corrected chi connectivity index (χ2v) is 9.32. The first-order valence-corrected chi connectivity index (χ1v) is 12.5. The average molecular weight is 529 g/mol. The maximum atomic E-state index is 12.8. The maximum absolute atomic E-state index is 12.8. The van der Waals surface area contributed by atoms with E-state index in [0.29, 0.717) is 42.0 Å². The van der Waals surface area contributed by atoms with Crippen LogP contribution >= 0.6 is 0 Å². The van der Waals surface area contributed by atoms with E-state index < -0.39 is 0 Å². The number of nitrogens with one attached hydrogen (secondary N) is 2. The molecule has 2 N–H and O–H groups in total. The molecule has 4 heterocycles. The molecule has 0 aliphatic carbocycles. The van der Waals surface area contributed by atoms with Gasteiger partial charge in [-0.05, 0) is 65.0 Å². The molecule has 0 radical (unpaired) electrons. The van der Waals surface area contributed by atoms with Crippen LogP contribution in [0.15, 0.2) is 72.8 Å². The van der Waals surface area contributed by atoms with Crippen LogP contribution in [0.3, 0.4) is 0 Å². The van der Waals surface area contributed by atoms with Crippen LogP contribution in [-0.2, 0) is 9.47 Å². The third-order valence-electron chi connectivity index (χ3n) is 6.87. The lowest BCUT2D eigenvalue weighted by atomic mass is 10.1. The summed E-state index contributed by atoms with van der Waals surface area (Å²) in [7, 11) is 0. The number of tetrazole rings is 1. The number of hydrogen-bond donors (Lipinski definition) is 2. The zero-order valence-electron chi connectivity index (χ0n) is 20.6. The van der Waals surface area contributed by atoms with Gasteiger partial charge < -0.3 is 34.3 Å². The van der Waals surface area contributed by atoms with Crippen LogP contribution in [0, 0.1) is 0 Å². The summed E-state index contributed by atoms with van der Waals surface area (Å²) in [6, 6.07) is 21.3. The van der Waals surface area contributed by atoms with Gasteiger partial charge in [-0.3, -0.25) is 0 Å². The minimum absolute atomic E-state index is 0.188. The maximum Gasteiger partial charge on any atom is 0.319 e. The summed E-state index contributed by atoms with van der Waals surface area (Å²) in [6.45, 7) is 0.846. The first kappa shape index (κ1) is 23.4. The summed E-state index contributed by atoms with van der Waals surface area (Å²) >= 11 is 0. The number of ether oxygens (including phenoxy) is 5. The molecule has 2 fully saturated rings. The van der Waals surface area contributed by atoms with Crippen molar-refractivity contribution in [2.24, 2.45) is 0 Å². The van der Waals surface area contributed by atoms with Gasteiger partial charge in [-0.15, -0.1) is 5.10 Å². The quantitative estimate of drug-likeness (QED) is 0.387. The molecule has 39 heavy (non-hydrogen) atoms. The summed E-state index contributed by atoms with van der Waals surface area (Å²) in [5, 5.41) is 18.1. The van der Waals surface area contributed by atoms with E-state index in [9.17, 15) is 4.79 Å². The molecular weight excluding hydrogens is 504 g/mol. The fraction of sp³-hybridized carbons (Fsp3) is 0.259. The van der Waals surface area contributed by atoms with Crippen molar-refractivity contribution in [1.82, 2.24) is 25.5 Å². The van der Waals surface area contributed by atoms with E-state index in [1.807, 2.05) is 48.5 Å². The zero-order valence-corrected chi connectivity index (χ0v) is 20.6. The molecule has 0 bridgehead atoms. The highest BCUT2D eigenvalue weighted by Gasteiger charge is 2.50. The third kappa shape index (κ3) is 4.60. The normalized spacial score (nSPS) is 22.9. The summed E-state index contributed by atoms with van der Waals surface area (Å²) < 4.78 is 30.5. The summed E-state index contributed by atoms with van der Waals surface area (Å²) in [5.41, 5.74) is 1.43. The lowest BCUT2D eigenvalue weighted by Gasteiger charge is -2.18. The second-order valence-electron chi connectivity index (χ2n) is 9.32. The average Bonchev–Trinajstić information content (AvgIpc) is 3.75. The van der Waals surface area contributed by atoms with Gasteiger partial charge in [0.2, 0.25) is 6.79 Å². The van der Waals surface area contributed by atoms with E-state index in [4.69, 9.17) is 23.7 Å². The molecule has 0 saturated carbocycles. The Bertz CT molecular complexity index is 1480. The van der Waals surface area contributed by atoms with Crippen molar-refractivity contribution < 1.29 is 28.5 Å². The number of para-hydroxylation sites is 1. The largest absolute Gasteiger partial charge is 0.457 e. The first-order valence-electron chi connectivity index (χ1n) is 12.5. The highest BCUT2D eigenvalue weighted by Crippen LogP contribution is 2.38. The summed E-state index contributed by atoms with van der Waals surface area (Å²) in [4.78, 5) is 12.8. The van der Waals surface area contributed by atoms with Crippen LogP contribution in [0.1, 0.15) is 6.04 Å². The Morgan fingerprint density at radius 3 is 2.56 bits per heavy atom. The SMILES string of the molecule is O=C(Nc1ccc(Oc2ccccc2)cc1)NC1COC2C1OCC2n1nnnc1-c1ccc2c(c1)OCO2. The predicted octanol–water partition coefficient (Wildman–Crippen LogP) is 3.39. The fourth-order valence-corrected chi connectivity index (χ4v) is 5.02. The number of carbonyl (C=O) groups is 1. The van der Waals surface area contributed by atoms with Crippen LogP contribution in [0.25, 0.3) is 11.4 Å². The molecule has 198 valence electrons. The highest BCUT2D eigenvalue weighted by atomic mass is 16.7. The minimum Gasteiger partial charge on any atom is -0.457 e. The predicted molar refractivity (Wildman–Crippen MR) is 137 cm³/mol. The van der Waals surface area contributed by atoms with E-state index in [1.165, 1.54) is 0 Å². The van der Waals surface area contributed by atoms with Gasteiger partial charge >= 0.3 is 6.03 Å². The minimum atomic E-state index is -0.350. The number of hydrogen-bond acceptors (Lipinski definition) is 9. The van der Waals surface area contributed by atoms with Crippen molar-refractivity contribution >= 4 is 11.7 Å². The molecule has 3 aliphatic rings. The number of anilines is 1. The number of rotatable bonds is 6. The van der Waals surface area contributed by atoms with Crippen LogP contribution in [-0.4, -0.2) is 64.5 Å². The monoisotopic (exact) mass is 528 g/mol. The van der Waals surface area contributed by atoms with E-state index in [0.717, 1.165) is 11.3 Å². The lowest BCUT2D eigenvalue weighted by Crippen LogP contribution is -2.45. The van der Waals surface area contributed by atoms with Crippen LogP contribution in [0.2, 0.25) is 0 Å². The molecule has 2 amide bonds. The first-order chi connectivity index (χ1) is 19.2. The molecule has 4 aromatic rings. The highest BCUT2D eigenvalue weighted by molar-refractivity contribution is 5.89. The topological polar surface area (TPSA) is 131 Å². The van der Waals surface area contributed by atoms with Crippen molar-refractivity contribution in [3.05, 3.63) is 72.8 Å². The van der Waals surface area contributed by atoms with Gasteiger partial charge in [0, 0.05) is 11.3 Å². The molecule has 4 atom stereocenters. The van der Waals surface area contributed by atoms with E-state index in [1.54, 1.807) is 28.9 Å². The number of fused-ring (bicyclic) bond motifs is 2. The number of aromatic nitrogens is 4. The van der Waals surface area contributed by atoms with Crippen molar-refractivity contribution in [2.75, 3.05) is 25.3 Å². The van der Waals surface area contributed by atoms with Crippen LogP contribution < -0.4 is 24.8 Å². The Labute approximate surface area is 222 Å². The third-order valence-corrected chi connectivity index (χ3v) is 6.87. The van der Waals surface area contributed by atoms with Gasteiger partial charge in [-0.2, -0.15) is 0 Å². The molecule has 1 aromatic heterocycles. The second kappa shape index (κ2) is 9.89. The van der Waals surface area contributed by atoms with Gasteiger partial charge in [0.05, 0.1) is 19.3 Å². The van der Waals surface area contributed by atoms with Crippen molar-refractivity contribution in [1.29, 1.82) is 0 Å². The van der Waals surface area contributed by atoms with Gasteiger partial charge in [0.15, 0.2) is 17.3 Å². The molecule has 12 nitrogen and oxygen atoms in total. The van der Waals surface area contributed by atoms with Gasteiger partial charge in [-0.25, -0.2) is 9.48 Å². The lowest BCUT2D eigenvalue weighted by molar-refractivity contribution is 0.0624. The molecule has 3 aromatic carbocycles. The number of benzene rings is 3. The molecule has 0 spiro atoms. The molecule has 2 saturated heterocycles. The smallest absolute Gasteiger partial charge is 0.319 e. The molecule has 7 rings (SSSR count). The Hall–Kier alpha value is -4.68. The molecule has 3 aliphatic heterocycles. The van der Waals surface area contributed by atoms with Gasteiger partial charge in [0.1, 0.15) is 29.7 Å². The van der Waals surface area contributed by atoms with E-state index in [2.05, 4.69) is 26.2 Å². The van der Waals surface area contributed by atoms with Crippen LogP contribution in [0.4, 0.5) is 10.5 Å². The number of nitrogens with zero attached hydrogens (tertiary/aromatic N) is 4. The Kier molecular flexibility index (Phi) is 5.94. The van der Waals surface area contributed by atoms with Gasteiger partial charge in [-0.1, -0.05) is 18.2 Å². The summed E-state index contributed by atoms with van der Waals surface area (Å²) in [5.74, 6) is 3.32. The van der Waals surface area contributed by atoms with E-state index in [-0.39, 0.29) is 37.1 Å². The van der Waals surface area contributed by atoms with Crippen molar-refractivity contribution in [3.8, 4) is 34.4 Å². The zero-order chi connectivity index (χ0) is 26.2. The van der Waals surface area contributed by atoms with E-state index >= 15 is 0 Å². The van der Waals surface area contributed by atoms with Crippen molar-refractivity contribution in [3.63, 3.8) is 0 Å². The fourth-order valence-electron chi connectivity index (χ4n) is 5.02. The van der Waals surface area contributed by atoms with Gasteiger partial charge in [0.25, 0.3) is 0 Å². The molecular formula is C27H24N6O6. The standard InChI is InChI=1S/C27H24N6O6/c34-27(28-17-7-9-19(10-8-17)39-18-4-2-1-3-5-18)29-20-13-35-25-21(14-36-24(20)25)33-26(30-31-32-33)16-6-11-22-23(12-16)38-15-37-22/h1-12,20-21,24-25H,13-15H2,(H2,28,29,34). The van der Waals surface area contributed by atoms with Crippen LogP contribution in [0.5, 0.6) is 23.0 Å². The molecule has 12 heteroatoms. The number of amides is 2. The molecule has 4 unspecified atom stereocenters. The Morgan fingerprint density at radius 1 is 0.897 bits per heavy atom. The Balaban J connectivity index is 0.979.